The SMILES string of the molecule is CC1(CNCc2cc3ccccc3o2)CCC1. The van der Waals surface area contributed by atoms with Crippen molar-refractivity contribution in [3.8, 4) is 0 Å². The third-order valence-electron chi connectivity index (χ3n) is 3.89. The van der Waals surface area contributed by atoms with Gasteiger partial charge in [-0.05, 0) is 30.4 Å². The Labute approximate surface area is 102 Å². The quantitative estimate of drug-likeness (QED) is 0.864. The lowest BCUT2D eigenvalue weighted by Gasteiger charge is -2.38. The van der Waals surface area contributed by atoms with E-state index in [0.29, 0.717) is 5.41 Å². The summed E-state index contributed by atoms with van der Waals surface area (Å²) in [6, 6.07) is 10.3. The Morgan fingerprint density at radius 1 is 1.29 bits per heavy atom. The molecular formula is C15H19NO. The van der Waals surface area contributed by atoms with E-state index in [0.717, 1.165) is 24.4 Å². The fourth-order valence-electron chi connectivity index (χ4n) is 2.57. The highest BCUT2D eigenvalue weighted by Gasteiger charge is 2.30. The molecule has 0 amide bonds. The van der Waals surface area contributed by atoms with Crippen LogP contribution in [0.5, 0.6) is 0 Å². The summed E-state index contributed by atoms with van der Waals surface area (Å²) >= 11 is 0. The number of nitrogens with one attached hydrogen (secondary N) is 1. The van der Waals surface area contributed by atoms with E-state index in [1.54, 1.807) is 0 Å². The van der Waals surface area contributed by atoms with E-state index in [1.807, 2.05) is 18.2 Å². The number of benzene rings is 1. The first-order chi connectivity index (χ1) is 8.25. The molecule has 0 aliphatic heterocycles. The summed E-state index contributed by atoms with van der Waals surface area (Å²) in [7, 11) is 0. The first kappa shape index (κ1) is 10.8. The minimum Gasteiger partial charge on any atom is -0.460 e. The molecule has 0 saturated heterocycles. The van der Waals surface area contributed by atoms with Crippen LogP contribution >= 0.6 is 0 Å². The molecule has 0 spiro atoms. The predicted octanol–water partition coefficient (Wildman–Crippen LogP) is 3.71. The van der Waals surface area contributed by atoms with E-state index in [2.05, 4.69) is 24.4 Å². The molecule has 1 aliphatic carbocycles. The van der Waals surface area contributed by atoms with Gasteiger partial charge < -0.3 is 9.73 Å². The molecule has 0 unspecified atom stereocenters. The van der Waals surface area contributed by atoms with Crippen LogP contribution in [-0.4, -0.2) is 6.54 Å². The van der Waals surface area contributed by atoms with Gasteiger partial charge in [-0.25, -0.2) is 0 Å². The second-order valence-corrected chi connectivity index (χ2v) is 5.52. The van der Waals surface area contributed by atoms with Crippen molar-refractivity contribution < 1.29 is 4.42 Å². The molecule has 2 nitrogen and oxygen atoms in total. The highest BCUT2D eigenvalue weighted by Crippen LogP contribution is 2.39. The van der Waals surface area contributed by atoms with Crippen LogP contribution in [0.3, 0.4) is 0 Å². The van der Waals surface area contributed by atoms with Crippen LogP contribution in [0.2, 0.25) is 0 Å². The number of hydrogen-bond acceptors (Lipinski definition) is 2. The van der Waals surface area contributed by atoms with Crippen molar-refractivity contribution in [2.24, 2.45) is 5.41 Å². The molecule has 1 aromatic heterocycles. The van der Waals surface area contributed by atoms with Crippen LogP contribution in [-0.2, 0) is 6.54 Å². The van der Waals surface area contributed by atoms with Crippen molar-refractivity contribution >= 4 is 11.0 Å². The lowest BCUT2D eigenvalue weighted by atomic mass is 9.70. The average molecular weight is 229 g/mol. The highest BCUT2D eigenvalue weighted by molar-refractivity contribution is 5.77. The summed E-state index contributed by atoms with van der Waals surface area (Å²) in [6.07, 6.45) is 4.11. The average Bonchev–Trinajstić information content (AvgIpc) is 2.69. The second kappa shape index (κ2) is 4.19. The summed E-state index contributed by atoms with van der Waals surface area (Å²) in [5, 5.41) is 4.70. The summed E-state index contributed by atoms with van der Waals surface area (Å²) in [6.45, 7) is 4.30. The largest absolute Gasteiger partial charge is 0.460 e. The number of fused-ring (bicyclic) bond motifs is 1. The Kier molecular flexibility index (Phi) is 2.67. The number of furan rings is 1. The third-order valence-corrected chi connectivity index (χ3v) is 3.89. The van der Waals surface area contributed by atoms with E-state index in [9.17, 15) is 0 Å². The smallest absolute Gasteiger partial charge is 0.134 e. The van der Waals surface area contributed by atoms with Gasteiger partial charge >= 0.3 is 0 Å². The maximum Gasteiger partial charge on any atom is 0.134 e. The third kappa shape index (κ3) is 2.22. The standard InChI is InChI=1S/C15H19NO/c1-15(7-4-8-15)11-16-10-13-9-12-5-2-3-6-14(12)17-13/h2-3,5-6,9,16H,4,7-8,10-11H2,1H3. The molecule has 2 heteroatoms. The Bertz CT molecular complexity index is 477. The van der Waals surface area contributed by atoms with E-state index < -0.39 is 0 Å². The predicted molar refractivity (Wildman–Crippen MR) is 69.9 cm³/mol. The van der Waals surface area contributed by atoms with Crippen LogP contribution in [0.15, 0.2) is 34.7 Å². The topological polar surface area (TPSA) is 25.2 Å². The van der Waals surface area contributed by atoms with Gasteiger partial charge in [0.15, 0.2) is 0 Å². The highest BCUT2D eigenvalue weighted by atomic mass is 16.3. The molecule has 1 aliphatic rings. The van der Waals surface area contributed by atoms with Crippen molar-refractivity contribution in [1.82, 2.24) is 5.32 Å². The molecule has 1 fully saturated rings. The number of hydrogen-bond donors (Lipinski definition) is 1. The van der Waals surface area contributed by atoms with Gasteiger partial charge in [0.05, 0.1) is 6.54 Å². The maximum absolute atomic E-state index is 5.77. The van der Waals surface area contributed by atoms with E-state index in [1.165, 1.54) is 24.6 Å². The first-order valence-corrected chi connectivity index (χ1v) is 6.43. The summed E-state index contributed by atoms with van der Waals surface area (Å²) in [4.78, 5) is 0. The molecule has 90 valence electrons. The van der Waals surface area contributed by atoms with Crippen LogP contribution < -0.4 is 5.32 Å². The first-order valence-electron chi connectivity index (χ1n) is 6.43. The lowest BCUT2D eigenvalue weighted by molar-refractivity contribution is 0.155. The maximum atomic E-state index is 5.77. The van der Waals surface area contributed by atoms with Crippen molar-refractivity contribution in [1.29, 1.82) is 0 Å². The summed E-state index contributed by atoms with van der Waals surface area (Å²) in [5.74, 6) is 1.04. The molecule has 3 rings (SSSR count). The minimum atomic E-state index is 0.534. The van der Waals surface area contributed by atoms with Crippen LogP contribution in [0.25, 0.3) is 11.0 Å². The van der Waals surface area contributed by atoms with Gasteiger partial charge in [-0.15, -0.1) is 0 Å². The van der Waals surface area contributed by atoms with E-state index >= 15 is 0 Å². The second-order valence-electron chi connectivity index (χ2n) is 5.52. The van der Waals surface area contributed by atoms with Gasteiger partial charge in [-0.1, -0.05) is 31.5 Å². The van der Waals surface area contributed by atoms with Gasteiger partial charge in [-0.2, -0.15) is 0 Å². The summed E-state index contributed by atoms with van der Waals surface area (Å²) in [5.41, 5.74) is 1.52. The zero-order chi connectivity index (χ0) is 11.7. The molecule has 0 radical (unpaired) electrons. The zero-order valence-electron chi connectivity index (χ0n) is 10.3. The lowest BCUT2D eigenvalue weighted by Crippen LogP contribution is -2.36. The fraction of sp³-hybridized carbons (Fsp3) is 0.467. The number of para-hydroxylation sites is 1. The normalized spacial score (nSPS) is 18.2. The Balaban J connectivity index is 1.61. The number of rotatable bonds is 4. The zero-order valence-corrected chi connectivity index (χ0v) is 10.3. The van der Waals surface area contributed by atoms with Crippen LogP contribution in [0.1, 0.15) is 31.9 Å². The van der Waals surface area contributed by atoms with Crippen molar-refractivity contribution in [3.05, 3.63) is 36.1 Å². The molecule has 1 heterocycles. The molecule has 1 saturated carbocycles. The van der Waals surface area contributed by atoms with E-state index in [4.69, 9.17) is 4.42 Å². The van der Waals surface area contributed by atoms with Crippen LogP contribution in [0.4, 0.5) is 0 Å². The van der Waals surface area contributed by atoms with E-state index in [-0.39, 0.29) is 0 Å². The molecule has 1 N–H and O–H groups in total. The summed E-state index contributed by atoms with van der Waals surface area (Å²) < 4.78 is 5.77. The fourth-order valence-corrected chi connectivity index (χ4v) is 2.57. The Hall–Kier alpha value is -1.28. The van der Waals surface area contributed by atoms with Crippen molar-refractivity contribution in [2.75, 3.05) is 6.54 Å². The van der Waals surface area contributed by atoms with Gasteiger partial charge in [0.1, 0.15) is 11.3 Å². The molecule has 1 aromatic carbocycles. The monoisotopic (exact) mass is 229 g/mol. The molecular weight excluding hydrogens is 210 g/mol. The minimum absolute atomic E-state index is 0.534. The molecule has 2 aromatic rings. The Morgan fingerprint density at radius 2 is 2.12 bits per heavy atom. The van der Waals surface area contributed by atoms with Crippen LogP contribution in [0, 0.1) is 5.41 Å². The van der Waals surface area contributed by atoms with Crippen molar-refractivity contribution in [2.45, 2.75) is 32.7 Å². The molecule has 0 bridgehead atoms. The van der Waals surface area contributed by atoms with Crippen molar-refractivity contribution in [3.63, 3.8) is 0 Å². The molecule has 0 atom stereocenters. The van der Waals surface area contributed by atoms with Gasteiger partial charge in [0, 0.05) is 11.9 Å². The van der Waals surface area contributed by atoms with Gasteiger partial charge in [0.2, 0.25) is 0 Å². The Morgan fingerprint density at radius 3 is 2.82 bits per heavy atom. The van der Waals surface area contributed by atoms with Gasteiger partial charge in [-0.3, -0.25) is 0 Å². The molecule has 17 heavy (non-hydrogen) atoms. The van der Waals surface area contributed by atoms with Gasteiger partial charge in [0.25, 0.3) is 0 Å².